The lowest BCUT2D eigenvalue weighted by Crippen LogP contribution is -2.04. The number of hydrogen-bond donors (Lipinski definition) is 1. The van der Waals surface area contributed by atoms with E-state index in [1.807, 2.05) is 42.5 Å². The van der Waals surface area contributed by atoms with Crippen LogP contribution in [0, 0.1) is 6.92 Å². The molecule has 0 amide bonds. The van der Waals surface area contributed by atoms with Crippen molar-refractivity contribution in [2.24, 2.45) is 5.73 Å². The predicted octanol–water partition coefficient (Wildman–Crippen LogP) is 5.81. The van der Waals surface area contributed by atoms with Gasteiger partial charge in [0.05, 0.1) is 0 Å². The van der Waals surface area contributed by atoms with Gasteiger partial charge in [-0.1, -0.05) is 60.7 Å². The third-order valence-electron chi connectivity index (χ3n) is 5.90. The Kier molecular flexibility index (Phi) is 6.23. The summed E-state index contributed by atoms with van der Waals surface area (Å²) < 4.78 is 17.0. The fourth-order valence-electron chi connectivity index (χ4n) is 3.94. The Bertz CT molecular complexity index is 1410. The lowest BCUT2D eigenvalue weighted by atomic mass is 9.97. The van der Waals surface area contributed by atoms with Crippen molar-refractivity contribution in [1.82, 2.24) is 10.3 Å². The Morgan fingerprint density at radius 1 is 0.765 bits per heavy atom. The van der Waals surface area contributed by atoms with Crippen molar-refractivity contribution in [2.45, 2.75) is 26.7 Å². The van der Waals surface area contributed by atoms with Gasteiger partial charge in [-0.3, -0.25) is 0 Å². The van der Waals surface area contributed by atoms with E-state index in [1.54, 1.807) is 0 Å². The number of hydrogen-bond acceptors (Lipinski definition) is 6. The molecule has 0 unspecified atom stereocenters. The van der Waals surface area contributed by atoms with Crippen LogP contribution in [0.3, 0.4) is 0 Å². The normalized spacial score (nSPS) is 11.0. The Balaban J connectivity index is 1.31. The van der Waals surface area contributed by atoms with E-state index in [-0.39, 0.29) is 0 Å². The molecule has 0 aliphatic rings. The summed E-state index contributed by atoms with van der Waals surface area (Å²) in [5.74, 6) is 1.43. The molecule has 0 spiro atoms. The van der Waals surface area contributed by atoms with Gasteiger partial charge in [-0.05, 0) is 63.3 Å². The number of fused-ring (bicyclic) bond motifs is 1. The van der Waals surface area contributed by atoms with Crippen LogP contribution in [0.1, 0.15) is 22.3 Å². The van der Waals surface area contributed by atoms with Crippen molar-refractivity contribution in [3.8, 4) is 22.6 Å². The quantitative estimate of drug-likeness (QED) is 0.320. The van der Waals surface area contributed by atoms with E-state index < -0.39 is 0 Å². The SMILES string of the molecule is Cc1c(COc2ccc(CN)c(OCc3ccc4nonc4c3)c2)cccc1-c1ccccc1. The summed E-state index contributed by atoms with van der Waals surface area (Å²) in [4.78, 5) is 0. The highest BCUT2D eigenvalue weighted by Crippen LogP contribution is 2.29. The van der Waals surface area contributed by atoms with E-state index in [0.29, 0.717) is 36.5 Å². The first-order valence-corrected chi connectivity index (χ1v) is 11.1. The van der Waals surface area contributed by atoms with Gasteiger partial charge >= 0.3 is 0 Å². The summed E-state index contributed by atoms with van der Waals surface area (Å²) in [5.41, 5.74) is 14.0. The minimum Gasteiger partial charge on any atom is -0.489 e. The molecule has 34 heavy (non-hydrogen) atoms. The molecule has 0 atom stereocenters. The molecular weight excluding hydrogens is 426 g/mol. The average Bonchev–Trinajstić information content (AvgIpc) is 3.35. The molecule has 2 N–H and O–H groups in total. The molecule has 1 aromatic heterocycles. The molecule has 6 heteroatoms. The first-order valence-electron chi connectivity index (χ1n) is 11.1. The Morgan fingerprint density at radius 3 is 2.47 bits per heavy atom. The highest BCUT2D eigenvalue weighted by molar-refractivity contribution is 5.73. The van der Waals surface area contributed by atoms with Gasteiger partial charge in [0.15, 0.2) is 0 Å². The van der Waals surface area contributed by atoms with Crippen molar-refractivity contribution in [3.05, 3.63) is 107 Å². The van der Waals surface area contributed by atoms with E-state index >= 15 is 0 Å². The topological polar surface area (TPSA) is 83.4 Å². The fourth-order valence-corrected chi connectivity index (χ4v) is 3.94. The van der Waals surface area contributed by atoms with Crippen LogP contribution in [0.2, 0.25) is 0 Å². The van der Waals surface area contributed by atoms with Crippen molar-refractivity contribution < 1.29 is 14.1 Å². The molecule has 5 rings (SSSR count). The second kappa shape index (κ2) is 9.77. The second-order valence-electron chi connectivity index (χ2n) is 8.09. The lowest BCUT2D eigenvalue weighted by molar-refractivity contribution is 0.287. The maximum Gasteiger partial charge on any atom is 0.135 e. The summed E-state index contributed by atoms with van der Waals surface area (Å²) in [6.45, 7) is 3.34. The van der Waals surface area contributed by atoms with Crippen LogP contribution in [-0.2, 0) is 19.8 Å². The third-order valence-corrected chi connectivity index (χ3v) is 5.90. The summed E-state index contributed by atoms with van der Waals surface area (Å²) in [5, 5.41) is 7.72. The minimum atomic E-state index is 0.373. The largest absolute Gasteiger partial charge is 0.489 e. The fraction of sp³-hybridized carbons (Fsp3) is 0.143. The summed E-state index contributed by atoms with van der Waals surface area (Å²) >= 11 is 0. The van der Waals surface area contributed by atoms with Gasteiger partial charge in [0.1, 0.15) is 35.7 Å². The summed E-state index contributed by atoms with van der Waals surface area (Å²) in [6, 6.07) is 28.2. The van der Waals surface area contributed by atoms with Gasteiger partial charge in [-0.2, -0.15) is 0 Å². The first-order chi connectivity index (χ1) is 16.7. The molecule has 170 valence electrons. The van der Waals surface area contributed by atoms with Gasteiger partial charge < -0.3 is 15.2 Å². The molecular formula is C28H25N3O3. The molecule has 0 aliphatic heterocycles. The van der Waals surface area contributed by atoms with Crippen molar-refractivity contribution in [3.63, 3.8) is 0 Å². The predicted molar refractivity (Wildman–Crippen MR) is 131 cm³/mol. The van der Waals surface area contributed by atoms with E-state index in [2.05, 4.69) is 59.7 Å². The van der Waals surface area contributed by atoms with Crippen LogP contribution in [0.4, 0.5) is 0 Å². The maximum absolute atomic E-state index is 6.15. The standard InChI is InChI=1S/C28H25N3O3/c1-19-23(8-5-9-25(19)21-6-3-2-4-7-21)18-32-24-12-11-22(16-29)28(15-24)33-17-20-10-13-26-27(14-20)31-34-30-26/h2-15H,16-18,29H2,1H3. The Hall–Kier alpha value is -4.16. The van der Waals surface area contributed by atoms with Crippen molar-refractivity contribution >= 4 is 11.0 Å². The number of ether oxygens (including phenoxy) is 2. The van der Waals surface area contributed by atoms with E-state index in [4.69, 9.17) is 19.8 Å². The van der Waals surface area contributed by atoms with Crippen molar-refractivity contribution in [2.75, 3.05) is 0 Å². The number of benzene rings is 4. The second-order valence-corrected chi connectivity index (χ2v) is 8.09. The minimum absolute atomic E-state index is 0.373. The molecule has 0 radical (unpaired) electrons. The zero-order valence-electron chi connectivity index (χ0n) is 18.9. The van der Waals surface area contributed by atoms with Crippen LogP contribution in [0.25, 0.3) is 22.2 Å². The Morgan fingerprint density at radius 2 is 1.62 bits per heavy atom. The van der Waals surface area contributed by atoms with E-state index in [9.17, 15) is 0 Å². The molecule has 0 saturated carbocycles. The van der Waals surface area contributed by atoms with Gasteiger partial charge in [0, 0.05) is 18.2 Å². The molecule has 5 aromatic rings. The van der Waals surface area contributed by atoms with Gasteiger partial charge in [-0.15, -0.1) is 0 Å². The van der Waals surface area contributed by atoms with Gasteiger partial charge in [0.25, 0.3) is 0 Å². The highest BCUT2D eigenvalue weighted by atomic mass is 16.6. The number of rotatable bonds is 8. The lowest BCUT2D eigenvalue weighted by Gasteiger charge is -2.15. The Labute approximate surface area is 197 Å². The number of nitrogens with zero attached hydrogens (tertiary/aromatic N) is 2. The van der Waals surface area contributed by atoms with Crippen LogP contribution in [0.5, 0.6) is 11.5 Å². The number of aromatic nitrogens is 2. The van der Waals surface area contributed by atoms with Crippen molar-refractivity contribution in [1.29, 1.82) is 0 Å². The molecule has 0 aliphatic carbocycles. The molecule has 0 bridgehead atoms. The molecule has 1 heterocycles. The molecule has 4 aromatic carbocycles. The molecule has 6 nitrogen and oxygen atoms in total. The van der Waals surface area contributed by atoms with Crippen LogP contribution < -0.4 is 15.2 Å². The smallest absolute Gasteiger partial charge is 0.135 e. The molecule has 0 fully saturated rings. The molecule has 0 saturated heterocycles. The van der Waals surface area contributed by atoms with E-state index in [1.165, 1.54) is 16.7 Å². The van der Waals surface area contributed by atoms with Gasteiger partial charge in [-0.25, -0.2) is 4.63 Å². The van der Waals surface area contributed by atoms with Crippen LogP contribution in [-0.4, -0.2) is 10.3 Å². The zero-order chi connectivity index (χ0) is 23.3. The highest BCUT2D eigenvalue weighted by Gasteiger charge is 2.10. The maximum atomic E-state index is 6.15. The van der Waals surface area contributed by atoms with E-state index in [0.717, 1.165) is 22.4 Å². The summed E-state index contributed by atoms with van der Waals surface area (Å²) in [6.07, 6.45) is 0. The van der Waals surface area contributed by atoms with Gasteiger partial charge in [0.2, 0.25) is 0 Å². The van der Waals surface area contributed by atoms with Crippen LogP contribution >= 0.6 is 0 Å². The summed E-state index contributed by atoms with van der Waals surface area (Å²) in [7, 11) is 0. The monoisotopic (exact) mass is 451 g/mol. The van der Waals surface area contributed by atoms with Crippen LogP contribution in [0.15, 0.2) is 89.6 Å². The third kappa shape index (κ3) is 4.63. The average molecular weight is 452 g/mol. The first kappa shape index (κ1) is 21.7. The zero-order valence-corrected chi connectivity index (χ0v) is 18.9. The number of nitrogens with two attached hydrogens (primary N) is 1.